The molecule has 4 nitrogen and oxygen atoms in total. The molecule has 0 aliphatic rings. The zero-order valence-electron chi connectivity index (χ0n) is 10.5. The van der Waals surface area contributed by atoms with Crippen LogP contribution in [0.15, 0.2) is 36.4 Å². The van der Waals surface area contributed by atoms with E-state index in [0.717, 1.165) is 0 Å². The van der Waals surface area contributed by atoms with Crippen molar-refractivity contribution >= 4 is 28.9 Å². The van der Waals surface area contributed by atoms with Crippen molar-refractivity contribution in [2.45, 2.75) is 0 Å². The number of halogens is 2. The molecule has 2 aromatic rings. The minimum absolute atomic E-state index is 0.107. The highest BCUT2D eigenvalue weighted by atomic mass is 35.5. The van der Waals surface area contributed by atoms with E-state index in [9.17, 15) is 9.18 Å². The van der Waals surface area contributed by atoms with Crippen LogP contribution in [0.5, 0.6) is 5.75 Å². The molecule has 0 aliphatic carbocycles. The number of methoxy groups -OCH3 is 1. The first kappa shape index (κ1) is 14.1. The van der Waals surface area contributed by atoms with Gasteiger partial charge in [-0.2, -0.15) is 0 Å². The van der Waals surface area contributed by atoms with E-state index in [-0.39, 0.29) is 11.3 Å². The van der Waals surface area contributed by atoms with Crippen molar-refractivity contribution in [2.75, 3.05) is 12.4 Å². The van der Waals surface area contributed by atoms with E-state index in [1.165, 1.54) is 25.3 Å². The number of anilines is 2. The first-order valence-electron chi connectivity index (χ1n) is 5.65. The number of aromatic carboxylic acids is 1. The van der Waals surface area contributed by atoms with E-state index < -0.39 is 11.8 Å². The number of carboxylic acid groups (broad SMARTS) is 1. The predicted molar refractivity (Wildman–Crippen MR) is 74.6 cm³/mol. The molecule has 0 saturated heterocycles. The Balaban J connectivity index is 2.42. The molecular formula is C14H11ClFNO3. The van der Waals surface area contributed by atoms with Crippen LogP contribution in [0.25, 0.3) is 0 Å². The average Bonchev–Trinajstić information content (AvgIpc) is 2.42. The van der Waals surface area contributed by atoms with Crippen LogP contribution in [-0.2, 0) is 0 Å². The highest BCUT2D eigenvalue weighted by Crippen LogP contribution is 2.30. The molecule has 0 saturated carbocycles. The fraction of sp³-hybridized carbons (Fsp3) is 0.0714. The van der Waals surface area contributed by atoms with Gasteiger partial charge in [0, 0.05) is 11.8 Å². The van der Waals surface area contributed by atoms with Crippen LogP contribution in [0.4, 0.5) is 15.8 Å². The van der Waals surface area contributed by atoms with Crippen molar-refractivity contribution in [3.8, 4) is 5.75 Å². The Labute approximate surface area is 119 Å². The van der Waals surface area contributed by atoms with Crippen LogP contribution in [0.3, 0.4) is 0 Å². The summed E-state index contributed by atoms with van der Waals surface area (Å²) in [7, 11) is 1.46. The number of nitrogens with one attached hydrogen (secondary N) is 1. The lowest BCUT2D eigenvalue weighted by Gasteiger charge is -2.12. The summed E-state index contributed by atoms with van der Waals surface area (Å²) >= 11 is 5.89. The number of rotatable bonds is 4. The molecule has 0 aliphatic heterocycles. The second kappa shape index (κ2) is 5.79. The molecule has 6 heteroatoms. The molecule has 0 amide bonds. The van der Waals surface area contributed by atoms with Gasteiger partial charge in [-0.05, 0) is 24.3 Å². The Bertz CT molecular complexity index is 661. The number of hydrogen-bond donors (Lipinski definition) is 2. The molecular weight excluding hydrogens is 285 g/mol. The van der Waals surface area contributed by atoms with Crippen LogP contribution in [0.2, 0.25) is 5.02 Å². The molecule has 20 heavy (non-hydrogen) atoms. The fourth-order valence-electron chi connectivity index (χ4n) is 1.71. The van der Waals surface area contributed by atoms with Crippen molar-refractivity contribution in [2.24, 2.45) is 0 Å². The monoisotopic (exact) mass is 295 g/mol. The lowest BCUT2D eigenvalue weighted by molar-refractivity contribution is 0.0697. The lowest BCUT2D eigenvalue weighted by Crippen LogP contribution is -2.05. The van der Waals surface area contributed by atoms with E-state index in [2.05, 4.69) is 5.32 Å². The van der Waals surface area contributed by atoms with Crippen LogP contribution >= 0.6 is 11.6 Å². The summed E-state index contributed by atoms with van der Waals surface area (Å²) in [6.07, 6.45) is 0. The average molecular weight is 296 g/mol. The van der Waals surface area contributed by atoms with Crippen molar-refractivity contribution in [1.29, 1.82) is 0 Å². The Morgan fingerprint density at radius 1 is 1.35 bits per heavy atom. The molecule has 2 aromatic carbocycles. The topological polar surface area (TPSA) is 58.6 Å². The van der Waals surface area contributed by atoms with Gasteiger partial charge in [0.25, 0.3) is 0 Å². The molecule has 0 radical (unpaired) electrons. The Morgan fingerprint density at radius 2 is 2.10 bits per heavy atom. The van der Waals surface area contributed by atoms with Gasteiger partial charge in [0.15, 0.2) is 0 Å². The zero-order chi connectivity index (χ0) is 14.7. The van der Waals surface area contributed by atoms with Crippen molar-refractivity contribution in [1.82, 2.24) is 0 Å². The van der Waals surface area contributed by atoms with Gasteiger partial charge in [0.05, 0.1) is 23.4 Å². The van der Waals surface area contributed by atoms with E-state index in [4.69, 9.17) is 21.4 Å². The SMILES string of the molecule is COc1cc(Nc2c(F)cccc2C(=O)O)ccc1Cl. The summed E-state index contributed by atoms with van der Waals surface area (Å²) in [5, 5.41) is 12.2. The van der Waals surface area contributed by atoms with Gasteiger partial charge in [0.1, 0.15) is 11.6 Å². The van der Waals surface area contributed by atoms with Crippen LogP contribution in [0, 0.1) is 5.82 Å². The standard InChI is InChI=1S/C14H11ClFNO3/c1-20-12-7-8(5-6-10(12)15)17-13-9(14(18)19)3-2-4-11(13)16/h2-7,17H,1H3,(H,18,19). The molecule has 0 heterocycles. The van der Waals surface area contributed by atoms with E-state index in [1.807, 2.05) is 0 Å². The van der Waals surface area contributed by atoms with E-state index >= 15 is 0 Å². The van der Waals surface area contributed by atoms with Gasteiger partial charge in [-0.25, -0.2) is 9.18 Å². The fourth-order valence-corrected chi connectivity index (χ4v) is 1.91. The third kappa shape index (κ3) is 2.83. The summed E-state index contributed by atoms with van der Waals surface area (Å²) < 4.78 is 18.8. The maximum Gasteiger partial charge on any atom is 0.337 e. The summed E-state index contributed by atoms with van der Waals surface area (Å²) in [6.45, 7) is 0. The van der Waals surface area contributed by atoms with Crippen molar-refractivity contribution in [3.05, 3.63) is 52.8 Å². The second-order valence-corrected chi connectivity index (χ2v) is 4.35. The molecule has 0 spiro atoms. The van der Waals surface area contributed by atoms with Crippen LogP contribution < -0.4 is 10.1 Å². The predicted octanol–water partition coefficient (Wildman–Crippen LogP) is 3.93. The number of hydrogen-bond acceptors (Lipinski definition) is 3. The molecule has 0 atom stereocenters. The number of para-hydroxylation sites is 1. The maximum atomic E-state index is 13.8. The number of benzene rings is 2. The van der Waals surface area contributed by atoms with Gasteiger partial charge in [-0.15, -0.1) is 0 Å². The summed E-state index contributed by atoms with van der Waals surface area (Å²) in [5.74, 6) is -1.46. The quantitative estimate of drug-likeness (QED) is 0.897. The van der Waals surface area contributed by atoms with Gasteiger partial charge in [-0.3, -0.25) is 0 Å². The van der Waals surface area contributed by atoms with Gasteiger partial charge >= 0.3 is 5.97 Å². The summed E-state index contributed by atoms with van der Waals surface area (Å²) in [4.78, 5) is 11.1. The molecule has 0 fully saturated rings. The molecule has 2 N–H and O–H groups in total. The highest BCUT2D eigenvalue weighted by molar-refractivity contribution is 6.32. The summed E-state index contributed by atoms with van der Waals surface area (Å²) in [5.41, 5.74) is 0.210. The first-order chi connectivity index (χ1) is 9.52. The Hall–Kier alpha value is -2.27. The Kier molecular flexibility index (Phi) is 4.10. The van der Waals surface area contributed by atoms with Crippen LogP contribution in [-0.4, -0.2) is 18.2 Å². The van der Waals surface area contributed by atoms with Crippen LogP contribution in [0.1, 0.15) is 10.4 Å². The third-order valence-corrected chi connectivity index (χ3v) is 2.98. The third-order valence-electron chi connectivity index (χ3n) is 2.66. The lowest BCUT2D eigenvalue weighted by atomic mass is 10.1. The number of ether oxygens (including phenoxy) is 1. The van der Waals surface area contributed by atoms with Gasteiger partial charge in [-0.1, -0.05) is 17.7 Å². The minimum Gasteiger partial charge on any atom is -0.495 e. The molecule has 0 unspecified atom stereocenters. The first-order valence-corrected chi connectivity index (χ1v) is 6.03. The second-order valence-electron chi connectivity index (χ2n) is 3.94. The van der Waals surface area contributed by atoms with Gasteiger partial charge in [0.2, 0.25) is 0 Å². The maximum absolute atomic E-state index is 13.8. The van der Waals surface area contributed by atoms with E-state index in [0.29, 0.717) is 16.5 Å². The molecule has 2 rings (SSSR count). The molecule has 0 bridgehead atoms. The minimum atomic E-state index is -1.21. The van der Waals surface area contributed by atoms with Crippen molar-refractivity contribution in [3.63, 3.8) is 0 Å². The largest absolute Gasteiger partial charge is 0.495 e. The zero-order valence-corrected chi connectivity index (χ0v) is 11.2. The van der Waals surface area contributed by atoms with E-state index in [1.54, 1.807) is 18.2 Å². The number of carbonyl (C=O) groups is 1. The number of carboxylic acids is 1. The highest BCUT2D eigenvalue weighted by Gasteiger charge is 2.14. The van der Waals surface area contributed by atoms with Gasteiger partial charge < -0.3 is 15.2 Å². The smallest absolute Gasteiger partial charge is 0.337 e. The summed E-state index contributed by atoms with van der Waals surface area (Å²) in [6, 6.07) is 8.57. The molecule has 0 aromatic heterocycles. The molecule has 104 valence electrons. The normalized spacial score (nSPS) is 10.2. The Morgan fingerprint density at radius 3 is 2.75 bits per heavy atom. The van der Waals surface area contributed by atoms with Crippen molar-refractivity contribution < 1.29 is 19.0 Å².